The van der Waals surface area contributed by atoms with Gasteiger partial charge in [0.1, 0.15) is 5.58 Å². The molecule has 8 nitrogen and oxygen atoms in total. The summed E-state index contributed by atoms with van der Waals surface area (Å²) < 4.78 is 42.7. The second-order valence-corrected chi connectivity index (χ2v) is 6.39. The molecular formula is C21H16F3N3O5. The fourth-order valence-electron chi connectivity index (χ4n) is 2.56. The number of benzene rings is 1. The van der Waals surface area contributed by atoms with Crippen LogP contribution in [0.4, 0.5) is 13.2 Å². The minimum absolute atomic E-state index is 0.227. The maximum Gasteiger partial charge on any atom is 0.490 e. The number of nitrogens with zero attached hydrogens (tertiary/aromatic N) is 2. The van der Waals surface area contributed by atoms with E-state index in [9.17, 15) is 18.0 Å². The minimum atomic E-state index is -5.08. The van der Waals surface area contributed by atoms with Gasteiger partial charge in [0, 0.05) is 30.4 Å². The minimum Gasteiger partial charge on any atom is -0.475 e. The van der Waals surface area contributed by atoms with Crippen molar-refractivity contribution in [2.75, 3.05) is 6.54 Å². The van der Waals surface area contributed by atoms with Crippen LogP contribution in [-0.2, 0) is 11.2 Å². The number of rotatable bonds is 5. The van der Waals surface area contributed by atoms with E-state index in [2.05, 4.69) is 15.5 Å². The van der Waals surface area contributed by atoms with Crippen LogP contribution in [0.2, 0.25) is 0 Å². The molecule has 4 rings (SSSR count). The second kappa shape index (κ2) is 9.77. The largest absolute Gasteiger partial charge is 0.490 e. The number of nitrogens with one attached hydrogen (secondary N) is 1. The van der Waals surface area contributed by atoms with Gasteiger partial charge in [-0.25, -0.2) is 4.79 Å². The monoisotopic (exact) mass is 447 g/mol. The van der Waals surface area contributed by atoms with Crippen molar-refractivity contribution in [1.29, 1.82) is 0 Å². The molecule has 0 radical (unpaired) electrons. The van der Waals surface area contributed by atoms with E-state index in [-0.39, 0.29) is 11.6 Å². The number of carbonyl (C=O) groups excluding carboxylic acids is 1. The molecule has 11 heteroatoms. The molecule has 0 atom stereocenters. The quantitative estimate of drug-likeness (QED) is 0.473. The predicted molar refractivity (Wildman–Crippen MR) is 106 cm³/mol. The number of carboxylic acids is 1. The van der Waals surface area contributed by atoms with Gasteiger partial charge in [0.25, 0.3) is 5.91 Å². The molecule has 0 aliphatic carbocycles. The third kappa shape index (κ3) is 5.94. The van der Waals surface area contributed by atoms with Gasteiger partial charge in [0.05, 0.1) is 0 Å². The Morgan fingerprint density at radius 1 is 1.03 bits per heavy atom. The lowest BCUT2D eigenvalue weighted by molar-refractivity contribution is -0.192. The van der Waals surface area contributed by atoms with Gasteiger partial charge in [0.15, 0.2) is 11.5 Å². The summed E-state index contributed by atoms with van der Waals surface area (Å²) in [6, 6.07) is 14.9. The van der Waals surface area contributed by atoms with Crippen LogP contribution in [0.1, 0.15) is 16.1 Å². The number of carboxylic acid groups (broad SMARTS) is 1. The molecule has 1 aromatic carbocycles. The van der Waals surface area contributed by atoms with E-state index in [1.165, 1.54) is 0 Å². The molecule has 2 N–H and O–H groups in total. The highest BCUT2D eigenvalue weighted by molar-refractivity contribution is 5.93. The summed E-state index contributed by atoms with van der Waals surface area (Å²) in [6.45, 7) is 0.510. The molecule has 32 heavy (non-hydrogen) atoms. The van der Waals surface area contributed by atoms with Crippen LogP contribution < -0.4 is 5.32 Å². The number of alkyl halides is 3. The van der Waals surface area contributed by atoms with E-state index in [1.54, 1.807) is 18.5 Å². The van der Waals surface area contributed by atoms with Gasteiger partial charge in [-0.1, -0.05) is 23.4 Å². The highest BCUT2D eigenvalue weighted by Crippen LogP contribution is 2.28. The van der Waals surface area contributed by atoms with Gasteiger partial charge >= 0.3 is 12.1 Å². The zero-order valence-corrected chi connectivity index (χ0v) is 16.3. The molecule has 166 valence electrons. The Balaban J connectivity index is 0.000000360. The highest BCUT2D eigenvalue weighted by Gasteiger charge is 2.38. The van der Waals surface area contributed by atoms with E-state index in [4.69, 9.17) is 18.8 Å². The van der Waals surface area contributed by atoms with Gasteiger partial charge in [0.2, 0.25) is 5.76 Å². The van der Waals surface area contributed by atoms with E-state index >= 15 is 0 Å². The summed E-state index contributed by atoms with van der Waals surface area (Å²) in [5.74, 6) is -2.06. The Kier molecular flexibility index (Phi) is 6.88. The van der Waals surface area contributed by atoms with Crippen molar-refractivity contribution in [1.82, 2.24) is 15.5 Å². The van der Waals surface area contributed by atoms with Crippen LogP contribution in [0, 0.1) is 0 Å². The number of fused-ring (bicyclic) bond motifs is 1. The molecule has 0 aliphatic heterocycles. The molecule has 3 heterocycles. The number of amides is 1. The van der Waals surface area contributed by atoms with Gasteiger partial charge in [-0.2, -0.15) is 13.2 Å². The molecule has 0 spiro atoms. The number of carbonyl (C=O) groups is 2. The second-order valence-electron chi connectivity index (χ2n) is 6.39. The zero-order chi connectivity index (χ0) is 23.1. The Hall–Kier alpha value is -4.15. The molecule has 0 bridgehead atoms. The zero-order valence-electron chi connectivity index (χ0n) is 16.3. The smallest absolute Gasteiger partial charge is 0.475 e. The van der Waals surface area contributed by atoms with Gasteiger partial charge in [-0.15, -0.1) is 0 Å². The van der Waals surface area contributed by atoms with Crippen molar-refractivity contribution in [3.8, 4) is 11.5 Å². The first-order valence-electron chi connectivity index (χ1n) is 9.17. The van der Waals surface area contributed by atoms with Gasteiger partial charge in [-0.05, 0) is 36.2 Å². The molecule has 4 aromatic rings. The number of para-hydroxylation sites is 1. The topological polar surface area (TPSA) is 118 Å². The molecule has 0 aliphatic rings. The van der Waals surface area contributed by atoms with Crippen molar-refractivity contribution >= 4 is 22.8 Å². The number of furan rings is 1. The fraction of sp³-hybridized carbons (Fsp3) is 0.143. The van der Waals surface area contributed by atoms with Crippen LogP contribution >= 0.6 is 0 Å². The fourth-order valence-corrected chi connectivity index (χ4v) is 2.56. The lowest BCUT2D eigenvalue weighted by atomic mass is 10.2. The van der Waals surface area contributed by atoms with Crippen LogP contribution in [0.3, 0.4) is 0 Å². The summed E-state index contributed by atoms with van der Waals surface area (Å²) >= 11 is 0. The number of halogens is 3. The summed E-state index contributed by atoms with van der Waals surface area (Å²) in [6.07, 6.45) is -0.897. The van der Waals surface area contributed by atoms with Crippen LogP contribution in [0.25, 0.3) is 22.5 Å². The van der Waals surface area contributed by atoms with Crippen LogP contribution in [-0.4, -0.2) is 39.8 Å². The van der Waals surface area contributed by atoms with Crippen LogP contribution in [0.5, 0.6) is 0 Å². The molecule has 1 amide bonds. The maximum absolute atomic E-state index is 12.2. The van der Waals surface area contributed by atoms with Gasteiger partial charge < -0.3 is 19.4 Å². The Labute approximate surface area is 178 Å². The molecule has 3 aromatic heterocycles. The van der Waals surface area contributed by atoms with Gasteiger partial charge in [-0.3, -0.25) is 9.78 Å². The summed E-state index contributed by atoms with van der Waals surface area (Å²) in [5, 5.41) is 14.8. The number of pyridine rings is 1. The first-order chi connectivity index (χ1) is 15.2. The maximum atomic E-state index is 12.2. The number of hydrogen-bond acceptors (Lipinski definition) is 6. The molecule has 0 saturated carbocycles. The normalized spacial score (nSPS) is 11.0. The lowest BCUT2D eigenvalue weighted by Crippen LogP contribution is -2.25. The van der Waals surface area contributed by atoms with Crippen molar-refractivity contribution in [3.63, 3.8) is 0 Å². The van der Waals surface area contributed by atoms with E-state index < -0.39 is 12.1 Å². The Bertz CT molecular complexity index is 1170. The first-order valence-corrected chi connectivity index (χ1v) is 9.17. The Morgan fingerprint density at radius 3 is 2.38 bits per heavy atom. The average molecular weight is 447 g/mol. The van der Waals surface area contributed by atoms with Crippen molar-refractivity contribution < 1.29 is 36.8 Å². The number of aliphatic carboxylic acids is 1. The lowest BCUT2D eigenvalue weighted by Gasteiger charge is -2.02. The summed E-state index contributed by atoms with van der Waals surface area (Å²) in [5.41, 5.74) is 2.10. The Morgan fingerprint density at radius 2 is 1.72 bits per heavy atom. The van der Waals surface area contributed by atoms with E-state index in [0.29, 0.717) is 18.1 Å². The van der Waals surface area contributed by atoms with Crippen LogP contribution in [0.15, 0.2) is 69.9 Å². The average Bonchev–Trinajstić information content (AvgIpc) is 3.41. The third-order valence-corrected chi connectivity index (χ3v) is 4.10. The molecule has 0 saturated heterocycles. The standard InChI is InChI=1S/C19H15N3O3.C2HF3O2/c23-19(21-10-7-13-5-8-20-9-6-13)15-12-18(25-22-15)17-11-14-3-1-2-4-16(14)24-17;3-2(4,5)1(6)7/h1-6,8-9,11-12H,7,10H2,(H,21,23);(H,6,7). The van der Waals surface area contributed by atoms with Crippen molar-refractivity contribution in [2.24, 2.45) is 0 Å². The number of aromatic nitrogens is 2. The first kappa shape index (κ1) is 22.5. The SMILES string of the molecule is O=C(NCCc1ccncc1)c1cc(-c2cc3ccccc3o2)on1.O=C(O)C(F)(F)F. The highest BCUT2D eigenvalue weighted by atomic mass is 19.4. The third-order valence-electron chi connectivity index (χ3n) is 4.10. The van der Waals surface area contributed by atoms with E-state index in [0.717, 1.165) is 23.0 Å². The predicted octanol–water partition coefficient (Wildman–Crippen LogP) is 4.09. The molecular weight excluding hydrogens is 431 g/mol. The summed E-state index contributed by atoms with van der Waals surface area (Å²) in [4.78, 5) is 25.0. The van der Waals surface area contributed by atoms with E-state index in [1.807, 2.05) is 42.5 Å². The summed E-state index contributed by atoms with van der Waals surface area (Å²) in [7, 11) is 0. The number of hydrogen-bond donors (Lipinski definition) is 2. The molecule has 0 unspecified atom stereocenters. The molecule has 0 fully saturated rings. The van der Waals surface area contributed by atoms with Crippen molar-refractivity contribution in [3.05, 3.63) is 72.2 Å². The van der Waals surface area contributed by atoms with Crippen molar-refractivity contribution in [2.45, 2.75) is 12.6 Å².